The maximum atomic E-state index is 10.9. The molecule has 0 saturated carbocycles. The van der Waals surface area contributed by atoms with Crippen molar-refractivity contribution < 1.29 is 9.85 Å². The van der Waals surface area contributed by atoms with E-state index in [-0.39, 0.29) is 22.6 Å². The fourth-order valence-electron chi connectivity index (χ4n) is 1.34. The van der Waals surface area contributed by atoms with Gasteiger partial charge in [0.25, 0.3) is 11.4 Å². The third-order valence-electron chi connectivity index (χ3n) is 2.75. The second kappa shape index (κ2) is 4.99. The zero-order valence-corrected chi connectivity index (χ0v) is 10.5. The Kier molecular flexibility index (Phi) is 3.85. The summed E-state index contributed by atoms with van der Waals surface area (Å²) in [5, 5.41) is 24.5. The fourth-order valence-corrected chi connectivity index (χ4v) is 1.34. The van der Waals surface area contributed by atoms with E-state index in [1.807, 2.05) is 20.8 Å². The molecule has 7 nitrogen and oxygen atoms in total. The van der Waals surface area contributed by atoms with Crippen LogP contribution in [-0.2, 0) is 0 Å². The maximum absolute atomic E-state index is 10.9. The zero-order chi connectivity index (χ0) is 13.9. The zero-order valence-electron chi connectivity index (χ0n) is 10.5. The van der Waals surface area contributed by atoms with E-state index in [2.05, 4.69) is 5.32 Å². The topological polar surface area (TPSA) is 98.3 Å². The lowest BCUT2D eigenvalue weighted by atomic mass is 10.0. The Hall–Kier alpha value is -2.18. The highest BCUT2D eigenvalue weighted by Gasteiger charge is 2.23. The van der Waals surface area contributed by atoms with Gasteiger partial charge in [-0.15, -0.1) is 0 Å². The number of rotatable bonds is 5. The molecule has 0 spiro atoms. The van der Waals surface area contributed by atoms with E-state index in [1.54, 1.807) is 0 Å². The largest absolute Gasteiger partial charge is 0.375 e. The lowest BCUT2D eigenvalue weighted by molar-refractivity contribution is -0.393. The molecule has 1 aromatic carbocycles. The summed E-state index contributed by atoms with van der Waals surface area (Å²) in [6, 6.07) is 3.59. The molecule has 0 atom stereocenters. The van der Waals surface area contributed by atoms with Crippen LogP contribution in [0.5, 0.6) is 0 Å². The molecule has 1 aromatic rings. The van der Waals surface area contributed by atoms with E-state index in [0.717, 1.165) is 12.5 Å². The molecule has 0 fully saturated rings. The van der Waals surface area contributed by atoms with Crippen molar-refractivity contribution in [1.29, 1.82) is 0 Å². The molecule has 0 bridgehead atoms. The van der Waals surface area contributed by atoms with Crippen molar-refractivity contribution in [3.05, 3.63) is 38.4 Å². The first kappa shape index (κ1) is 13.9. The Morgan fingerprint density at radius 1 is 1.22 bits per heavy atom. The molecule has 18 heavy (non-hydrogen) atoms. The van der Waals surface area contributed by atoms with Crippen LogP contribution in [0.2, 0.25) is 0 Å². The van der Waals surface area contributed by atoms with Crippen molar-refractivity contribution in [3.8, 4) is 0 Å². The van der Waals surface area contributed by atoms with Gasteiger partial charge in [0.05, 0.1) is 15.9 Å². The van der Waals surface area contributed by atoms with Crippen molar-refractivity contribution in [1.82, 2.24) is 0 Å². The predicted molar refractivity (Wildman–Crippen MR) is 67.7 cm³/mol. The Morgan fingerprint density at radius 3 is 2.28 bits per heavy atom. The van der Waals surface area contributed by atoms with Crippen LogP contribution in [0.4, 0.5) is 17.1 Å². The van der Waals surface area contributed by atoms with Gasteiger partial charge in [0, 0.05) is 11.6 Å². The monoisotopic (exact) mass is 253 g/mol. The van der Waals surface area contributed by atoms with Crippen molar-refractivity contribution in [2.45, 2.75) is 32.7 Å². The summed E-state index contributed by atoms with van der Waals surface area (Å²) in [7, 11) is 0. The average molecular weight is 253 g/mol. The number of non-ortho nitro benzene ring substituents is 1. The fraction of sp³-hybridized carbons (Fsp3) is 0.455. The number of anilines is 1. The van der Waals surface area contributed by atoms with Gasteiger partial charge >= 0.3 is 0 Å². The van der Waals surface area contributed by atoms with Crippen LogP contribution in [0.3, 0.4) is 0 Å². The minimum Gasteiger partial charge on any atom is -0.375 e. The van der Waals surface area contributed by atoms with Gasteiger partial charge in [-0.05, 0) is 26.3 Å². The highest BCUT2D eigenvalue weighted by molar-refractivity contribution is 5.66. The molecule has 0 aliphatic heterocycles. The van der Waals surface area contributed by atoms with Gasteiger partial charge in [0.15, 0.2) is 0 Å². The second-order valence-corrected chi connectivity index (χ2v) is 4.58. The first-order valence-corrected chi connectivity index (χ1v) is 5.48. The van der Waals surface area contributed by atoms with E-state index < -0.39 is 9.85 Å². The van der Waals surface area contributed by atoms with Gasteiger partial charge in [0.2, 0.25) is 0 Å². The highest BCUT2D eigenvalue weighted by Crippen LogP contribution is 2.31. The van der Waals surface area contributed by atoms with E-state index in [9.17, 15) is 20.2 Å². The Balaban J connectivity index is 3.20. The standard InChI is InChI=1S/C11H15N3O4/c1-4-11(2,3)12-9-6-5-8(13(15)16)7-10(9)14(17)18/h5-7,12H,4H2,1-3H3. The van der Waals surface area contributed by atoms with Crippen molar-refractivity contribution in [2.75, 3.05) is 5.32 Å². The summed E-state index contributed by atoms with van der Waals surface area (Å²) < 4.78 is 0. The van der Waals surface area contributed by atoms with E-state index >= 15 is 0 Å². The number of benzene rings is 1. The molecule has 0 aromatic heterocycles. The van der Waals surface area contributed by atoms with Gasteiger partial charge in [-0.25, -0.2) is 0 Å². The number of nitrogens with zero attached hydrogens (tertiary/aromatic N) is 2. The number of nitro groups is 2. The van der Waals surface area contributed by atoms with Crippen LogP contribution >= 0.6 is 0 Å². The molecule has 1 rings (SSSR count). The summed E-state index contributed by atoms with van der Waals surface area (Å²) in [4.78, 5) is 20.2. The average Bonchev–Trinajstić information content (AvgIpc) is 2.28. The summed E-state index contributed by atoms with van der Waals surface area (Å²) in [6.07, 6.45) is 0.765. The Labute approximate surface area is 104 Å². The van der Waals surface area contributed by atoms with Crippen molar-refractivity contribution in [3.63, 3.8) is 0 Å². The molecule has 0 unspecified atom stereocenters. The van der Waals surface area contributed by atoms with Crippen LogP contribution < -0.4 is 5.32 Å². The van der Waals surface area contributed by atoms with Gasteiger partial charge in [0.1, 0.15) is 5.69 Å². The molecule has 0 amide bonds. The summed E-state index contributed by atoms with van der Waals surface area (Å²) in [6.45, 7) is 5.75. The van der Waals surface area contributed by atoms with Crippen molar-refractivity contribution in [2.24, 2.45) is 0 Å². The number of nitrogens with one attached hydrogen (secondary N) is 1. The summed E-state index contributed by atoms with van der Waals surface area (Å²) >= 11 is 0. The Morgan fingerprint density at radius 2 is 1.83 bits per heavy atom. The molecule has 7 heteroatoms. The first-order valence-electron chi connectivity index (χ1n) is 5.48. The normalized spacial score (nSPS) is 11.1. The molecule has 98 valence electrons. The third kappa shape index (κ3) is 3.16. The van der Waals surface area contributed by atoms with E-state index in [1.165, 1.54) is 12.1 Å². The maximum Gasteiger partial charge on any atom is 0.299 e. The Bertz CT molecular complexity index is 485. The minimum atomic E-state index is -0.651. The van der Waals surface area contributed by atoms with Crippen LogP contribution in [0, 0.1) is 20.2 Å². The highest BCUT2D eigenvalue weighted by atomic mass is 16.6. The van der Waals surface area contributed by atoms with Crippen LogP contribution in [-0.4, -0.2) is 15.4 Å². The lowest BCUT2D eigenvalue weighted by Crippen LogP contribution is -2.29. The minimum absolute atomic E-state index is 0.286. The SMILES string of the molecule is CCC(C)(C)Nc1ccc([N+](=O)[O-])cc1[N+](=O)[O-]. The molecule has 0 saturated heterocycles. The van der Waals surface area contributed by atoms with Crippen molar-refractivity contribution >= 4 is 17.1 Å². The van der Waals surface area contributed by atoms with Crippen LogP contribution in [0.1, 0.15) is 27.2 Å². The molecule has 0 radical (unpaired) electrons. The smallest absolute Gasteiger partial charge is 0.299 e. The van der Waals surface area contributed by atoms with Crippen LogP contribution in [0.15, 0.2) is 18.2 Å². The van der Waals surface area contributed by atoms with E-state index in [0.29, 0.717) is 0 Å². The summed E-state index contributed by atoms with van der Waals surface area (Å²) in [5.74, 6) is 0. The lowest BCUT2D eigenvalue weighted by Gasteiger charge is -2.25. The molecule has 0 aliphatic rings. The summed E-state index contributed by atoms with van der Waals surface area (Å²) in [5.41, 5.74) is -0.606. The molecular formula is C11H15N3O4. The number of nitro benzene ring substituents is 2. The molecular weight excluding hydrogens is 238 g/mol. The molecule has 0 aliphatic carbocycles. The van der Waals surface area contributed by atoms with E-state index in [4.69, 9.17) is 0 Å². The number of hydrogen-bond acceptors (Lipinski definition) is 5. The van der Waals surface area contributed by atoms with Gasteiger partial charge in [-0.1, -0.05) is 6.92 Å². The number of hydrogen-bond donors (Lipinski definition) is 1. The quantitative estimate of drug-likeness (QED) is 0.642. The van der Waals surface area contributed by atoms with Gasteiger partial charge in [-0.2, -0.15) is 0 Å². The molecule has 0 heterocycles. The van der Waals surface area contributed by atoms with Gasteiger partial charge < -0.3 is 5.32 Å². The van der Waals surface area contributed by atoms with Gasteiger partial charge in [-0.3, -0.25) is 20.2 Å². The third-order valence-corrected chi connectivity index (χ3v) is 2.75. The first-order chi connectivity index (χ1) is 8.26. The molecule has 1 N–H and O–H groups in total. The van der Waals surface area contributed by atoms with Crippen LogP contribution in [0.25, 0.3) is 0 Å². The predicted octanol–water partition coefficient (Wildman–Crippen LogP) is 3.10. The second-order valence-electron chi connectivity index (χ2n) is 4.58.